The summed E-state index contributed by atoms with van der Waals surface area (Å²) in [6.07, 6.45) is 3.04. The first-order chi connectivity index (χ1) is 9.65. The molecule has 108 valence electrons. The molecule has 1 aromatic carbocycles. The first-order valence-corrected chi connectivity index (χ1v) is 7.00. The van der Waals surface area contributed by atoms with E-state index in [4.69, 9.17) is 9.47 Å². The van der Waals surface area contributed by atoms with Gasteiger partial charge < -0.3 is 9.47 Å². The van der Waals surface area contributed by atoms with Crippen molar-refractivity contribution in [1.29, 1.82) is 0 Å². The lowest BCUT2D eigenvalue weighted by molar-refractivity contribution is -0.168. The fraction of sp³-hybridized carbons (Fsp3) is 0.500. The Morgan fingerprint density at radius 2 is 2.00 bits per heavy atom. The van der Waals surface area contributed by atoms with Gasteiger partial charge in [0.15, 0.2) is 12.1 Å². The molecule has 4 heteroatoms. The van der Waals surface area contributed by atoms with Crippen molar-refractivity contribution < 1.29 is 19.1 Å². The van der Waals surface area contributed by atoms with Crippen molar-refractivity contribution in [3.63, 3.8) is 0 Å². The summed E-state index contributed by atoms with van der Waals surface area (Å²) in [5.41, 5.74) is 1.57. The highest BCUT2D eigenvalue weighted by atomic mass is 16.7. The van der Waals surface area contributed by atoms with E-state index >= 15 is 0 Å². The van der Waals surface area contributed by atoms with Gasteiger partial charge >= 0.3 is 0 Å². The summed E-state index contributed by atoms with van der Waals surface area (Å²) in [5, 5.41) is 0. The number of carbonyl (C=O) groups excluding carboxylic acids is 2. The van der Waals surface area contributed by atoms with Crippen molar-refractivity contribution in [2.24, 2.45) is 0 Å². The Labute approximate surface area is 119 Å². The lowest BCUT2D eigenvalue weighted by Crippen LogP contribution is -2.22. The van der Waals surface area contributed by atoms with Crippen LogP contribution in [0.15, 0.2) is 24.3 Å². The van der Waals surface area contributed by atoms with Gasteiger partial charge in [-0.3, -0.25) is 9.59 Å². The van der Waals surface area contributed by atoms with E-state index in [1.54, 1.807) is 12.1 Å². The number of ketones is 2. The van der Waals surface area contributed by atoms with Gasteiger partial charge in [-0.05, 0) is 31.7 Å². The van der Waals surface area contributed by atoms with Crippen LogP contribution in [0.5, 0.6) is 0 Å². The number of hydrogen-bond donors (Lipinski definition) is 0. The topological polar surface area (TPSA) is 52.6 Å². The molecule has 0 spiro atoms. The van der Waals surface area contributed by atoms with E-state index in [2.05, 4.69) is 0 Å². The minimum Gasteiger partial charge on any atom is -0.353 e. The Morgan fingerprint density at radius 1 is 1.25 bits per heavy atom. The van der Waals surface area contributed by atoms with Crippen LogP contribution in [-0.4, -0.2) is 24.5 Å². The third kappa shape index (κ3) is 4.54. The highest BCUT2D eigenvalue weighted by molar-refractivity contribution is 6.07. The molecule has 1 aliphatic rings. The Bertz CT molecular complexity index is 458. The molecule has 1 atom stereocenters. The average Bonchev–Trinajstić information content (AvgIpc) is 2.46. The molecule has 0 N–H and O–H groups in total. The predicted octanol–water partition coefficient (Wildman–Crippen LogP) is 2.89. The second-order valence-electron chi connectivity index (χ2n) is 5.11. The number of hydrogen-bond acceptors (Lipinski definition) is 4. The van der Waals surface area contributed by atoms with Crippen molar-refractivity contribution in [3.05, 3.63) is 35.4 Å². The monoisotopic (exact) mass is 276 g/mol. The maximum absolute atomic E-state index is 11.7. The summed E-state index contributed by atoms with van der Waals surface area (Å²) >= 11 is 0. The maximum Gasteiger partial charge on any atom is 0.170 e. The molecule has 0 aliphatic carbocycles. The van der Waals surface area contributed by atoms with Crippen LogP contribution in [0.1, 0.15) is 48.5 Å². The smallest absolute Gasteiger partial charge is 0.170 e. The van der Waals surface area contributed by atoms with Crippen LogP contribution in [0, 0.1) is 0 Å². The Hall–Kier alpha value is -1.52. The zero-order chi connectivity index (χ0) is 14.4. The van der Waals surface area contributed by atoms with Gasteiger partial charge in [0.25, 0.3) is 0 Å². The minimum absolute atomic E-state index is 0.0360. The Kier molecular flexibility index (Phi) is 5.44. The van der Waals surface area contributed by atoms with Crippen molar-refractivity contribution in [3.8, 4) is 0 Å². The van der Waals surface area contributed by atoms with Crippen LogP contribution in [0.2, 0.25) is 0 Å². The van der Waals surface area contributed by atoms with Crippen LogP contribution in [-0.2, 0) is 20.9 Å². The number of ether oxygens (including phenoxy) is 2. The third-order valence-corrected chi connectivity index (χ3v) is 3.26. The molecular weight excluding hydrogens is 256 g/mol. The summed E-state index contributed by atoms with van der Waals surface area (Å²) in [6.45, 7) is 2.67. The molecule has 1 aromatic rings. The van der Waals surface area contributed by atoms with Crippen molar-refractivity contribution in [2.45, 2.75) is 45.5 Å². The molecule has 1 fully saturated rings. The first-order valence-electron chi connectivity index (χ1n) is 7.00. The number of carbonyl (C=O) groups is 2. The summed E-state index contributed by atoms with van der Waals surface area (Å²) in [4.78, 5) is 22.6. The first kappa shape index (κ1) is 14.9. The molecule has 1 saturated heterocycles. The average molecular weight is 276 g/mol. The zero-order valence-corrected chi connectivity index (χ0v) is 11.8. The van der Waals surface area contributed by atoms with Gasteiger partial charge in [-0.15, -0.1) is 0 Å². The Morgan fingerprint density at radius 3 is 2.60 bits per heavy atom. The maximum atomic E-state index is 11.7. The van der Waals surface area contributed by atoms with Gasteiger partial charge in [0, 0.05) is 12.2 Å². The van der Waals surface area contributed by atoms with E-state index < -0.39 is 0 Å². The molecule has 1 unspecified atom stereocenters. The molecule has 2 rings (SSSR count). The van der Waals surface area contributed by atoms with E-state index in [1.807, 2.05) is 12.1 Å². The quantitative estimate of drug-likeness (QED) is 0.592. The fourth-order valence-electron chi connectivity index (χ4n) is 2.15. The molecule has 0 bridgehead atoms. The summed E-state index contributed by atoms with van der Waals surface area (Å²) in [5.74, 6) is -0.252. The van der Waals surface area contributed by atoms with E-state index in [0.29, 0.717) is 12.2 Å². The molecule has 0 amide bonds. The van der Waals surface area contributed by atoms with Gasteiger partial charge in [0.05, 0.1) is 13.0 Å². The SMILES string of the molecule is CC(=O)CC(=O)c1ccc(COC2CCCCO2)cc1. The highest BCUT2D eigenvalue weighted by Gasteiger charge is 2.14. The molecule has 0 radical (unpaired) electrons. The fourth-order valence-corrected chi connectivity index (χ4v) is 2.15. The molecule has 0 saturated carbocycles. The van der Waals surface area contributed by atoms with E-state index in [9.17, 15) is 9.59 Å². The molecule has 0 aromatic heterocycles. The molecule has 4 nitrogen and oxygen atoms in total. The zero-order valence-electron chi connectivity index (χ0n) is 11.8. The summed E-state index contributed by atoms with van der Waals surface area (Å²) in [7, 11) is 0. The van der Waals surface area contributed by atoms with E-state index in [-0.39, 0.29) is 24.3 Å². The van der Waals surface area contributed by atoms with E-state index in [0.717, 1.165) is 31.4 Å². The Balaban J connectivity index is 1.84. The summed E-state index contributed by atoms with van der Waals surface area (Å²) in [6, 6.07) is 7.20. The van der Waals surface area contributed by atoms with Crippen molar-refractivity contribution in [2.75, 3.05) is 6.61 Å². The standard InChI is InChI=1S/C16H20O4/c1-12(17)10-15(18)14-7-5-13(6-8-14)11-20-16-4-2-3-9-19-16/h5-8,16H,2-4,9-11H2,1H3. The molecule has 1 heterocycles. The van der Waals surface area contributed by atoms with E-state index in [1.165, 1.54) is 6.92 Å². The lowest BCUT2D eigenvalue weighted by Gasteiger charge is -2.22. The van der Waals surface area contributed by atoms with Crippen molar-refractivity contribution >= 4 is 11.6 Å². The van der Waals surface area contributed by atoms with Crippen LogP contribution in [0.25, 0.3) is 0 Å². The number of benzene rings is 1. The molecule has 20 heavy (non-hydrogen) atoms. The van der Waals surface area contributed by atoms with Gasteiger partial charge in [0.2, 0.25) is 0 Å². The van der Waals surface area contributed by atoms with Gasteiger partial charge in [-0.25, -0.2) is 0 Å². The largest absolute Gasteiger partial charge is 0.353 e. The van der Waals surface area contributed by atoms with Gasteiger partial charge in [0.1, 0.15) is 5.78 Å². The number of Topliss-reactive ketones (excluding diaryl/α,β-unsaturated/α-hetero) is 2. The summed E-state index contributed by atoms with van der Waals surface area (Å²) < 4.78 is 11.2. The second kappa shape index (κ2) is 7.31. The lowest BCUT2D eigenvalue weighted by atomic mass is 10.0. The van der Waals surface area contributed by atoms with Crippen LogP contribution in [0.3, 0.4) is 0 Å². The normalized spacial score (nSPS) is 18.8. The number of rotatable bonds is 6. The second-order valence-corrected chi connectivity index (χ2v) is 5.11. The predicted molar refractivity (Wildman–Crippen MR) is 74.5 cm³/mol. The van der Waals surface area contributed by atoms with Crippen LogP contribution < -0.4 is 0 Å². The van der Waals surface area contributed by atoms with Gasteiger partial charge in [-0.1, -0.05) is 24.3 Å². The van der Waals surface area contributed by atoms with Crippen LogP contribution >= 0.6 is 0 Å². The van der Waals surface area contributed by atoms with Gasteiger partial charge in [-0.2, -0.15) is 0 Å². The molecular formula is C16H20O4. The van der Waals surface area contributed by atoms with Crippen LogP contribution in [0.4, 0.5) is 0 Å². The minimum atomic E-state index is -0.138. The van der Waals surface area contributed by atoms with Crippen molar-refractivity contribution in [1.82, 2.24) is 0 Å². The molecule has 1 aliphatic heterocycles. The third-order valence-electron chi connectivity index (χ3n) is 3.26. The highest BCUT2D eigenvalue weighted by Crippen LogP contribution is 2.16.